The molecule has 1 aliphatic rings. The summed E-state index contributed by atoms with van der Waals surface area (Å²) < 4.78 is 1.90. The van der Waals surface area contributed by atoms with Crippen LogP contribution in [-0.2, 0) is 13.5 Å². The number of hydrogen-bond donors (Lipinski definition) is 1. The Morgan fingerprint density at radius 1 is 1.75 bits per heavy atom. The lowest BCUT2D eigenvalue weighted by molar-refractivity contribution is 0.544. The van der Waals surface area contributed by atoms with Gasteiger partial charge in [0.15, 0.2) is 0 Å². The molecule has 1 heterocycles. The van der Waals surface area contributed by atoms with Gasteiger partial charge in [0.1, 0.15) is 0 Å². The molecule has 0 spiro atoms. The molecule has 1 aromatic rings. The van der Waals surface area contributed by atoms with Gasteiger partial charge >= 0.3 is 0 Å². The fraction of sp³-hybridized carbons (Fsp3) is 0.667. The minimum atomic E-state index is 0.509. The van der Waals surface area contributed by atoms with E-state index in [0.29, 0.717) is 5.92 Å². The van der Waals surface area contributed by atoms with Crippen LogP contribution in [0.3, 0.4) is 0 Å². The maximum Gasteiger partial charge on any atom is 0.0699 e. The largest absolute Gasteiger partial charge is 0.330 e. The van der Waals surface area contributed by atoms with Crippen LogP contribution in [0.1, 0.15) is 30.0 Å². The van der Waals surface area contributed by atoms with Gasteiger partial charge in [0.25, 0.3) is 0 Å². The van der Waals surface area contributed by atoms with E-state index in [2.05, 4.69) is 11.3 Å². The van der Waals surface area contributed by atoms with Gasteiger partial charge in [-0.1, -0.05) is 0 Å². The zero-order chi connectivity index (χ0) is 8.55. The van der Waals surface area contributed by atoms with Crippen molar-refractivity contribution in [1.82, 2.24) is 9.78 Å². The molecule has 0 amide bonds. The number of fused-ring (bicyclic) bond motifs is 1. The van der Waals surface area contributed by atoms with Crippen molar-refractivity contribution >= 4 is 0 Å². The van der Waals surface area contributed by atoms with E-state index >= 15 is 0 Å². The van der Waals surface area contributed by atoms with Crippen molar-refractivity contribution in [1.29, 1.82) is 0 Å². The Balaban J connectivity index is 2.36. The van der Waals surface area contributed by atoms with E-state index in [1.54, 1.807) is 0 Å². The minimum absolute atomic E-state index is 0.509. The topological polar surface area (TPSA) is 43.8 Å². The van der Waals surface area contributed by atoms with Crippen LogP contribution in [0.2, 0.25) is 0 Å². The van der Waals surface area contributed by atoms with Gasteiger partial charge in [0.2, 0.25) is 0 Å². The summed E-state index contributed by atoms with van der Waals surface area (Å²) in [5, 5.41) is 4.44. The van der Waals surface area contributed by atoms with Crippen molar-refractivity contribution in [3.63, 3.8) is 0 Å². The molecular formula is C9H15N3. The molecule has 3 heteroatoms. The predicted molar refractivity (Wildman–Crippen MR) is 47.9 cm³/mol. The Bertz CT molecular complexity index is 277. The fourth-order valence-corrected chi connectivity index (χ4v) is 2.00. The van der Waals surface area contributed by atoms with Gasteiger partial charge in [-0.25, -0.2) is 0 Å². The summed E-state index contributed by atoms with van der Waals surface area (Å²) in [6.07, 6.45) is 5.78. The molecule has 1 aromatic heterocycles. The van der Waals surface area contributed by atoms with Gasteiger partial charge in [-0.15, -0.1) is 0 Å². The zero-order valence-electron chi connectivity index (χ0n) is 7.45. The number of aromatic nitrogens is 2. The SMILES string of the molecule is Cn1cc2c(n1)C(CN)CCC2. The van der Waals surface area contributed by atoms with Crippen LogP contribution in [0.25, 0.3) is 0 Å². The summed E-state index contributed by atoms with van der Waals surface area (Å²) in [7, 11) is 1.98. The average Bonchev–Trinajstić information content (AvgIpc) is 2.44. The van der Waals surface area contributed by atoms with Crippen LogP contribution < -0.4 is 5.73 Å². The number of rotatable bonds is 1. The highest BCUT2D eigenvalue weighted by molar-refractivity contribution is 5.24. The Kier molecular flexibility index (Phi) is 1.89. The highest BCUT2D eigenvalue weighted by atomic mass is 15.3. The summed E-state index contributed by atoms with van der Waals surface area (Å²) in [6.45, 7) is 0.740. The van der Waals surface area contributed by atoms with Crippen LogP contribution in [0.5, 0.6) is 0 Å². The van der Waals surface area contributed by atoms with Crippen molar-refractivity contribution in [3.8, 4) is 0 Å². The number of nitrogens with two attached hydrogens (primary N) is 1. The van der Waals surface area contributed by atoms with Crippen LogP contribution in [-0.4, -0.2) is 16.3 Å². The van der Waals surface area contributed by atoms with Gasteiger partial charge in [0.05, 0.1) is 5.69 Å². The monoisotopic (exact) mass is 165 g/mol. The fourth-order valence-electron chi connectivity index (χ4n) is 2.00. The van der Waals surface area contributed by atoms with Crippen molar-refractivity contribution in [2.75, 3.05) is 6.54 Å². The van der Waals surface area contributed by atoms with Gasteiger partial charge < -0.3 is 5.73 Å². The number of nitrogens with zero attached hydrogens (tertiary/aromatic N) is 2. The molecule has 66 valence electrons. The molecule has 0 fully saturated rings. The third kappa shape index (κ3) is 1.14. The minimum Gasteiger partial charge on any atom is -0.330 e. The lowest BCUT2D eigenvalue weighted by Gasteiger charge is -2.18. The summed E-state index contributed by atoms with van der Waals surface area (Å²) in [6, 6.07) is 0. The zero-order valence-corrected chi connectivity index (χ0v) is 7.45. The molecule has 12 heavy (non-hydrogen) atoms. The quantitative estimate of drug-likeness (QED) is 0.669. The first kappa shape index (κ1) is 7.80. The first-order valence-electron chi connectivity index (χ1n) is 4.53. The molecule has 0 bridgehead atoms. The highest BCUT2D eigenvalue weighted by Gasteiger charge is 2.21. The molecule has 0 radical (unpaired) electrons. The summed E-state index contributed by atoms with van der Waals surface area (Å²) in [5.74, 6) is 0.509. The lowest BCUT2D eigenvalue weighted by atomic mass is 9.88. The Labute approximate surface area is 72.6 Å². The van der Waals surface area contributed by atoms with E-state index < -0.39 is 0 Å². The molecule has 1 unspecified atom stereocenters. The molecule has 1 atom stereocenters. The third-order valence-corrected chi connectivity index (χ3v) is 2.61. The Hall–Kier alpha value is -0.830. The second-order valence-electron chi connectivity index (χ2n) is 3.54. The molecule has 0 aliphatic heterocycles. The van der Waals surface area contributed by atoms with Crippen LogP contribution in [0, 0.1) is 0 Å². The van der Waals surface area contributed by atoms with Gasteiger partial charge in [-0.05, 0) is 24.8 Å². The molecule has 0 saturated heterocycles. The predicted octanol–water partition coefficient (Wildman–Crippen LogP) is 0.799. The molecule has 0 saturated carbocycles. The Morgan fingerprint density at radius 2 is 2.58 bits per heavy atom. The summed E-state index contributed by atoms with van der Waals surface area (Å²) in [5.41, 5.74) is 8.32. The van der Waals surface area contributed by atoms with E-state index in [-0.39, 0.29) is 0 Å². The van der Waals surface area contributed by atoms with Crippen molar-refractivity contribution in [3.05, 3.63) is 17.5 Å². The maximum absolute atomic E-state index is 5.68. The Morgan fingerprint density at radius 3 is 3.33 bits per heavy atom. The van der Waals surface area contributed by atoms with E-state index in [4.69, 9.17) is 5.73 Å². The van der Waals surface area contributed by atoms with Crippen molar-refractivity contribution < 1.29 is 0 Å². The van der Waals surface area contributed by atoms with E-state index in [1.807, 2.05) is 11.7 Å². The second kappa shape index (κ2) is 2.90. The molecule has 2 rings (SSSR count). The van der Waals surface area contributed by atoms with Crippen LogP contribution in [0.4, 0.5) is 0 Å². The molecular weight excluding hydrogens is 150 g/mol. The smallest absolute Gasteiger partial charge is 0.0699 e. The molecule has 1 aliphatic carbocycles. The van der Waals surface area contributed by atoms with Crippen molar-refractivity contribution in [2.24, 2.45) is 12.8 Å². The van der Waals surface area contributed by atoms with Gasteiger partial charge in [-0.2, -0.15) is 5.10 Å². The molecule has 0 aromatic carbocycles. The molecule has 2 N–H and O–H groups in total. The average molecular weight is 165 g/mol. The molecule has 3 nitrogen and oxygen atoms in total. The number of hydrogen-bond acceptors (Lipinski definition) is 2. The van der Waals surface area contributed by atoms with Crippen LogP contribution in [0.15, 0.2) is 6.20 Å². The van der Waals surface area contributed by atoms with Crippen molar-refractivity contribution in [2.45, 2.75) is 25.2 Å². The summed E-state index contributed by atoms with van der Waals surface area (Å²) in [4.78, 5) is 0. The first-order chi connectivity index (χ1) is 5.81. The van der Waals surface area contributed by atoms with Gasteiger partial charge in [-0.3, -0.25) is 4.68 Å². The highest BCUT2D eigenvalue weighted by Crippen LogP contribution is 2.28. The van der Waals surface area contributed by atoms with E-state index in [0.717, 1.165) is 6.54 Å². The number of aryl methyl sites for hydroxylation is 2. The standard InChI is InChI=1S/C9H15N3/c1-12-6-8-4-2-3-7(5-10)9(8)11-12/h6-7H,2-5,10H2,1H3. The maximum atomic E-state index is 5.68. The van der Waals surface area contributed by atoms with E-state index in [1.165, 1.54) is 30.5 Å². The van der Waals surface area contributed by atoms with E-state index in [9.17, 15) is 0 Å². The third-order valence-electron chi connectivity index (χ3n) is 2.61. The first-order valence-corrected chi connectivity index (χ1v) is 4.53. The normalized spacial score (nSPS) is 22.3. The lowest BCUT2D eigenvalue weighted by Crippen LogP contribution is -2.17. The second-order valence-corrected chi connectivity index (χ2v) is 3.54. The van der Waals surface area contributed by atoms with Gasteiger partial charge in [0, 0.05) is 25.7 Å². The van der Waals surface area contributed by atoms with Crippen LogP contribution >= 0.6 is 0 Å². The summed E-state index contributed by atoms with van der Waals surface area (Å²) >= 11 is 0.